The van der Waals surface area contributed by atoms with Crippen LogP contribution in [0.2, 0.25) is 0 Å². The van der Waals surface area contributed by atoms with Gasteiger partial charge in [-0.1, -0.05) is 23.8 Å². The van der Waals surface area contributed by atoms with Crippen molar-refractivity contribution in [2.45, 2.75) is 46.7 Å². The summed E-state index contributed by atoms with van der Waals surface area (Å²) in [6.07, 6.45) is 8.34. The molecule has 0 spiro atoms. The number of benzene rings is 1. The highest BCUT2D eigenvalue weighted by atomic mass is 15.4. The molecule has 1 saturated heterocycles. The van der Waals surface area contributed by atoms with Crippen molar-refractivity contribution < 1.29 is 0 Å². The van der Waals surface area contributed by atoms with Gasteiger partial charge in [-0.05, 0) is 74.0 Å². The molecule has 1 fully saturated rings. The summed E-state index contributed by atoms with van der Waals surface area (Å²) in [5, 5.41) is 8.82. The maximum atomic E-state index is 4.47. The lowest BCUT2D eigenvalue weighted by Crippen LogP contribution is -2.33. The Morgan fingerprint density at radius 3 is 2.71 bits per heavy atom. The number of pyridine rings is 1. The molecule has 4 rings (SSSR count). The van der Waals surface area contributed by atoms with E-state index in [9.17, 15) is 0 Å². The molecule has 0 radical (unpaired) electrons. The van der Waals surface area contributed by atoms with Crippen LogP contribution < -0.4 is 0 Å². The molecule has 0 saturated carbocycles. The Morgan fingerprint density at radius 1 is 1.11 bits per heavy atom. The molecule has 5 nitrogen and oxygen atoms in total. The van der Waals surface area contributed by atoms with Crippen molar-refractivity contribution >= 4 is 0 Å². The third kappa shape index (κ3) is 4.30. The van der Waals surface area contributed by atoms with E-state index < -0.39 is 0 Å². The van der Waals surface area contributed by atoms with Gasteiger partial charge < -0.3 is 0 Å². The molecule has 2 aromatic heterocycles. The van der Waals surface area contributed by atoms with Crippen LogP contribution in [0.3, 0.4) is 0 Å². The van der Waals surface area contributed by atoms with E-state index in [-0.39, 0.29) is 0 Å². The quantitative estimate of drug-likeness (QED) is 0.669. The molecule has 0 aliphatic carbocycles. The van der Waals surface area contributed by atoms with Crippen molar-refractivity contribution in [2.24, 2.45) is 5.92 Å². The molecule has 28 heavy (non-hydrogen) atoms. The fourth-order valence-electron chi connectivity index (χ4n) is 4.21. The summed E-state index contributed by atoms with van der Waals surface area (Å²) in [6, 6.07) is 8.59. The van der Waals surface area contributed by atoms with E-state index in [0.29, 0.717) is 6.54 Å². The molecule has 1 atom stereocenters. The summed E-state index contributed by atoms with van der Waals surface area (Å²) in [7, 11) is 0. The molecule has 5 heteroatoms. The zero-order valence-corrected chi connectivity index (χ0v) is 17.1. The van der Waals surface area contributed by atoms with Gasteiger partial charge in [-0.3, -0.25) is 9.88 Å². The Balaban J connectivity index is 1.57. The number of rotatable bonds is 5. The molecule has 0 N–H and O–H groups in total. The van der Waals surface area contributed by atoms with E-state index in [0.717, 1.165) is 18.2 Å². The van der Waals surface area contributed by atoms with Crippen LogP contribution in [0, 0.1) is 19.8 Å². The Kier molecular flexibility index (Phi) is 5.53. The minimum Gasteiger partial charge on any atom is -0.299 e. The number of aromatic nitrogens is 4. The number of likely N-dealkylation sites (tertiary alicyclic amines) is 1. The van der Waals surface area contributed by atoms with Crippen LogP contribution in [0.5, 0.6) is 0 Å². The zero-order chi connectivity index (χ0) is 19.5. The summed E-state index contributed by atoms with van der Waals surface area (Å²) in [5.41, 5.74) is 7.33. The van der Waals surface area contributed by atoms with E-state index in [1.54, 1.807) is 0 Å². The van der Waals surface area contributed by atoms with E-state index in [1.165, 1.54) is 53.7 Å². The van der Waals surface area contributed by atoms with Crippen molar-refractivity contribution in [3.8, 4) is 11.3 Å². The highest BCUT2D eigenvalue weighted by molar-refractivity contribution is 5.65. The normalized spacial score (nSPS) is 17.8. The van der Waals surface area contributed by atoms with E-state index in [4.69, 9.17) is 0 Å². The topological polar surface area (TPSA) is 46.8 Å². The molecule has 0 amide bonds. The highest BCUT2D eigenvalue weighted by Crippen LogP contribution is 2.28. The van der Waals surface area contributed by atoms with Crippen molar-refractivity contribution in [3.63, 3.8) is 0 Å². The third-order valence-electron chi connectivity index (χ3n) is 5.70. The van der Waals surface area contributed by atoms with Gasteiger partial charge in [0.15, 0.2) is 0 Å². The summed E-state index contributed by atoms with van der Waals surface area (Å²) >= 11 is 0. The van der Waals surface area contributed by atoms with Crippen LogP contribution in [-0.4, -0.2) is 38.0 Å². The largest absolute Gasteiger partial charge is 0.299 e. The first-order valence-electron chi connectivity index (χ1n) is 10.2. The molecule has 0 bridgehead atoms. The zero-order valence-electron chi connectivity index (χ0n) is 17.1. The second kappa shape index (κ2) is 8.23. The smallest absolute Gasteiger partial charge is 0.113 e. The Morgan fingerprint density at radius 2 is 1.93 bits per heavy atom. The fraction of sp³-hybridized carbons (Fsp3) is 0.435. The molecule has 1 aliphatic rings. The summed E-state index contributed by atoms with van der Waals surface area (Å²) in [5.74, 6) is 0.798. The van der Waals surface area contributed by atoms with Crippen molar-refractivity contribution in [2.75, 3.05) is 13.1 Å². The Bertz CT molecular complexity index is 931. The van der Waals surface area contributed by atoms with Gasteiger partial charge in [0.25, 0.3) is 0 Å². The van der Waals surface area contributed by atoms with Crippen LogP contribution in [0.1, 0.15) is 42.0 Å². The lowest BCUT2D eigenvalue weighted by atomic mass is 9.95. The molecule has 3 heterocycles. The number of piperidine rings is 1. The summed E-state index contributed by atoms with van der Waals surface area (Å²) < 4.78 is 1.90. The lowest BCUT2D eigenvalue weighted by Gasteiger charge is -2.31. The number of hydrogen-bond donors (Lipinski definition) is 0. The van der Waals surface area contributed by atoms with Gasteiger partial charge in [0.1, 0.15) is 5.69 Å². The summed E-state index contributed by atoms with van der Waals surface area (Å²) in [6.45, 7) is 10.9. The van der Waals surface area contributed by atoms with Crippen molar-refractivity contribution in [1.82, 2.24) is 24.9 Å². The van der Waals surface area contributed by atoms with Crippen LogP contribution in [-0.2, 0) is 13.1 Å². The molecule has 1 unspecified atom stereocenters. The molecule has 146 valence electrons. The van der Waals surface area contributed by atoms with Crippen LogP contribution >= 0.6 is 0 Å². The van der Waals surface area contributed by atoms with Gasteiger partial charge in [0.2, 0.25) is 0 Å². The molecule has 1 aromatic carbocycles. The Hall–Kier alpha value is -2.53. The van der Waals surface area contributed by atoms with Gasteiger partial charge in [0, 0.05) is 31.0 Å². The SMILES string of the molecule is Cc1cc(CN2CCCC(C)C2)c(C)c(-c2cn(Cc3ccncc3)nn2)c1. The molecular formula is C23H29N5. The van der Waals surface area contributed by atoms with Crippen LogP contribution in [0.15, 0.2) is 42.9 Å². The van der Waals surface area contributed by atoms with E-state index in [1.807, 2.05) is 29.2 Å². The van der Waals surface area contributed by atoms with Crippen molar-refractivity contribution in [3.05, 3.63) is 65.1 Å². The van der Waals surface area contributed by atoms with Gasteiger partial charge in [0.05, 0.1) is 12.7 Å². The molecular weight excluding hydrogens is 346 g/mol. The molecule has 3 aromatic rings. The maximum absolute atomic E-state index is 4.47. The number of aryl methyl sites for hydroxylation is 1. The predicted molar refractivity (Wildman–Crippen MR) is 112 cm³/mol. The second-order valence-electron chi connectivity index (χ2n) is 8.24. The summed E-state index contributed by atoms with van der Waals surface area (Å²) in [4.78, 5) is 6.67. The second-order valence-corrected chi connectivity index (χ2v) is 8.24. The van der Waals surface area contributed by atoms with Crippen LogP contribution in [0.25, 0.3) is 11.3 Å². The average molecular weight is 376 g/mol. The first-order valence-corrected chi connectivity index (χ1v) is 10.2. The first kappa shape index (κ1) is 18.8. The number of nitrogens with zero attached hydrogens (tertiary/aromatic N) is 5. The third-order valence-corrected chi connectivity index (χ3v) is 5.70. The van der Waals surface area contributed by atoms with Gasteiger partial charge >= 0.3 is 0 Å². The van der Waals surface area contributed by atoms with Crippen molar-refractivity contribution in [1.29, 1.82) is 0 Å². The first-order chi connectivity index (χ1) is 13.6. The minimum atomic E-state index is 0.707. The highest BCUT2D eigenvalue weighted by Gasteiger charge is 2.18. The van der Waals surface area contributed by atoms with Gasteiger partial charge in [-0.15, -0.1) is 5.10 Å². The van der Waals surface area contributed by atoms with Crippen LogP contribution in [0.4, 0.5) is 0 Å². The van der Waals surface area contributed by atoms with Gasteiger partial charge in [-0.25, -0.2) is 4.68 Å². The minimum absolute atomic E-state index is 0.707. The van der Waals surface area contributed by atoms with E-state index in [2.05, 4.69) is 59.3 Å². The fourth-order valence-corrected chi connectivity index (χ4v) is 4.21. The monoisotopic (exact) mass is 375 g/mol. The standard InChI is InChI=1S/C23H29N5/c1-17-5-4-10-27(13-17)15-21-11-18(2)12-22(19(21)3)23-16-28(26-25-23)14-20-6-8-24-9-7-20/h6-9,11-12,16-17H,4-5,10,13-15H2,1-3H3. The maximum Gasteiger partial charge on any atom is 0.113 e. The molecule has 1 aliphatic heterocycles. The van der Waals surface area contributed by atoms with E-state index >= 15 is 0 Å². The average Bonchev–Trinajstić information content (AvgIpc) is 3.13. The van der Waals surface area contributed by atoms with Gasteiger partial charge in [-0.2, -0.15) is 0 Å². The Labute approximate surface area is 167 Å². The predicted octanol–water partition coefficient (Wildman–Crippen LogP) is 4.24. The lowest BCUT2D eigenvalue weighted by molar-refractivity contribution is 0.176. The number of hydrogen-bond acceptors (Lipinski definition) is 4.